The molecule has 1 aromatic carbocycles. The van der Waals surface area contributed by atoms with Gasteiger partial charge in [0.05, 0.1) is 11.6 Å². The number of ether oxygens (including phenoxy) is 1. The van der Waals surface area contributed by atoms with Gasteiger partial charge in [0.25, 0.3) is 0 Å². The molecule has 2 aliphatic rings. The fourth-order valence-corrected chi connectivity index (χ4v) is 3.83. The van der Waals surface area contributed by atoms with E-state index in [1.807, 2.05) is 0 Å². The Hall–Kier alpha value is -0.680. The van der Waals surface area contributed by atoms with Crippen molar-refractivity contribution >= 4 is 41.5 Å². The van der Waals surface area contributed by atoms with Gasteiger partial charge in [-0.1, -0.05) is 29.3 Å². The highest BCUT2D eigenvalue weighted by Crippen LogP contribution is 2.31. The molecular formula is C17H23Cl3N2O2. The summed E-state index contributed by atoms with van der Waals surface area (Å²) in [6.07, 6.45) is 5.72. The topological polar surface area (TPSA) is 50.4 Å². The lowest BCUT2D eigenvalue weighted by atomic mass is 9.99. The Morgan fingerprint density at radius 1 is 1.25 bits per heavy atom. The fourth-order valence-electron chi connectivity index (χ4n) is 3.49. The van der Waals surface area contributed by atoms with E-state index in [4.69, 9.17) is 27.9 Å². The van der Waals surface area contributed by atoms with Crippen molar-refractivity contribution in [2.45, 2.75) is 56.7 Å². The number of carbonyl (C=O) groups is 1. The van der Waals surface area contributed by atoms with Crippen molar-refractivity contribution in [1.29, 1.82) is 0 Å². The minimum atomic E-state index is 0. The number of hydrogen-bond acceptors (Lipinski definition) is 3. The summed E-state index contributed by atoms with van der Waals surface area (Å²) in [6.45, 7) is 0.449. The third-order valence-corrected chi connectivity index (χ3v) is 5.36. The maximum Gasteiger partial charge on any atom is 0.220 e. The Morgan fingerprint density at radius 2 is 1.96 bits per heavy atom. The maximum atomic E-state index is 12.0. The van der Waals surface area contributed by atoms with Crippen LogP contribution in [0.25, 0.3) is 0 Å². The maximum absolute atomic E-state index is 12.0. The van der Waals surface area contributed by atoms with Crippen LogP contribution in [0.2, 0.25) is 10.0 Å². The molecule has 2 heterocycles. The molecule has 3 rings (SSSR count). The molecule has 0 spiro atoms. The van der Waals surface area contributed by atoms with E-state index in [0.29, 0.717) is 53.4 Å². The molecule has 2 N–H and O–H groups in total. The molecule has 1 aromatic rings. The first-order valence-corrected chi connectivity index (χ1v) is 8.99. The average molecular weight is 394 g/mol. The van der Waals surface area contributed by atoms with Gasteiger partial charge in [-0.15, -0.1) is 12.4 Å². The van der Waals surface area contributed by atoms with Crippen LogP contribution in [0, 0.1) is 0 Å². The van der Waals surface area contributed by atoms with Gasteiger partial charge in [-0.25, -0.2) is 0 Å². The zero-order valence-corrected chi connectivity index (χ0v) is 15.7. The molecule has 1 amide bonds. The number of carbonyl (C=O) groups excluding carboxylic acids is 1. The van der Waals surface area contributed by atoms with Gasteiger partial charge in [0.15, 0.2) is 0 Å². The summed E-state index contributed by atoms with van der Waals surface area (Å²) in [5.41, 5.74) is 0. The van der Waals surface area contributed by atoms with Crippen LogP contribution in [0.3, 0.4) is 0 Å². The highest BCUT2D eigenvalue weighted by Gasteiger charge is 2.33. The average Bonchev–Trinajstić information content (AvgIpc) is 2.86. The molecule has 4 nitrogen and oxygen atoms in total. The van der Waals surface area contributed by atoms with Gasteiger partial charge >= 0.3 is 0 Å². The number of rotatable bonds is 6. The molecule has 2 unspecified atom stereocenters. The number of hydrogen-bond donors (Lipinski definition) is 2. The molecule has 2 bridgehead atoms. The summed E-state index contributed by atoms with van der Waals surface area (Å²) in [7, 11) is 0. The first-order valence-electron chi connectivity index (χ1n) is 8.24. The zero-order valence-electron chi connectivity index (χ0n) is 13.4. The van der Waals surface area contributed by atoms with Crippen LogP contribution in [0.1, 0.15) is 38.5 Å². The second kappa shape index (κ2) is 9.14. The Bertz CT molecular complexity index is 559. The van der Waals surface area contributed by atoms with E-state index in [0.717, 1.165) is 12.8 Å². The molecule has 0 aliphatic carbocycles. The highest BCUT2D eigenvalue weighted by molar-refractivity contribution is 6.42. The summed E-state index contributed by atoms with van der Waals surface area (Å²) >= 11 is 12.0. The van der Waals surface area contributed by atoms with E-state index in [9.17, 15) is 4.79 Å². The summed E-state index contributed by atoms with van der Waals surface area (Å²) in [6, 6.07) is 6.79. The van der Waals surface area contributed by atoms with Gasteiger partial charge in [-0.05, 0) is 44.2 Å². The van der Waals surface area contributed by atoms with Crippen molar-refractivity contribution in [3.63, 3.8) is 0 Å². The zero-order chi connectivity index (χ0) is 16.2. The van der Waals surface area contributed by atoms with Crippen LogP contribution in [-0.2, 0) is 4.79 Å². The minimum Gasteiger partial charge on any atom is -0.492 e. The third-order valence-electron chi connectivity index (χ3n) is 4.56. The quantitative estimate of drug-likeness (QED) is 0.719. The molecule has 2 atom stereocenters. The molecule has 2 aliphatic heterocycles. The predicted octanol–water partition coefficient (Wildman–Crippen LogP) is 3.97. The predicted molar refractivity (Wildman–Crippen MR) is 99.5 cm³/mol. The van der Waals surface area contributed by atoms with Crippen molar-refractivity contribution in [2.75, 3.05) is 6.61 Å². The molecule has 2 saturated heterocycles. The Kier molecular flexibility index (Phi) is 7.48. The largest absolute Gasteiger partial charge is 0.492 e. The van der Waals surface area contributed by atoms with Crippen molar-refractivity contribution in [3.8, 4) is 5.75 Å². The standard InChI is InChI=1S/C17H22Cl2N2O2.ClH/c18-14-3-1-4-15(17(14)19)23-8-2-5-16(22)21-13-9-11-6-7-12(10-13)20-11;/h1,3-4,11-13,20H,2,5-10H2,(H,21,22);1H. The summed E-state index contributed by atoms with van der Waals surface area (Å²) in [5, 5.41) is 7.63. The number of nitrogens with one attached hydrogen (secondary N) is 2. The van der Waals surface area contributed by atoms with Crippen molar-refractivity contribution < 1.29 is 9.53 Å². The number of amides is 1. The number of piperidine rings is 1. The van der Waals surface area contributed by atoms with E-state index >= 15 is 0 Å². The monoisotopic (exact) mass is 392 g/mol. The number of benzene rings is 1. The molecule has 0 aromatic heterocycles. The second-order valence-corrected chi connectivity index (χ2v) is 7.16. The number of halogens is 3. The van der Waals surface area contributed by atoms with Crippen molar-refractivity contribution in [2.24, 2.45) is 0 Å². The highest BCUT2D eigenvalue weighted by atomic mass is 35.5. The molecule has 2 fully saturated rings. The van der Waals surface area contributed by atoms with Crippen LogP contribution >= 0.6 is 35.6 Å². The van der Waals surface area contributed by atoms with Crippen LogP contribution in [0.15, 0.2) is 18.2 Å². The van der Waals surface area contributed by atoms with Crippen LogP contribution in [-0.4, -0.2) is 30.6 Å². The Balaban J connectivity index is 0.00000208. The molecule has 24 heavy (non-hydrogen) atoms. The lowest BCUT2D eigenvalue weighted by Crippen LogP contribution is -2.48. The third kappa shape index (κ3) is 5.16. The first-order chi connectivity index (χ1) is 11.1. The van der Waals surface area contributed by atoms with Gasteiger partial charge in [0, 0.05) is 24.5 Å². The molecule has 134 valence electrons. The molecular weight excluding hydrogens is 371 g/mol. The van der Waals surface area contributed by atoms with Gasteiger partial charge in [-0.2, -0.15) is 0 Å². The van der Waals surface area contributed by atoms with Gasteiger partial charge < -0.3 is 15.4 Å². The Morgan fingerprint density at radius 3 is 2.67 bits per heavy atom. The first kappa shape index (κ1) is 19.6. The van der Waals surface area contributed by atoms with E-state index in [1.54, 1.807) is 18.2 Å². The van der Waals surface area contributed by atoms with Gasteiger partial charge in [-0.3, -0.25) is 4.79 Å². The van der Waals surface area contributed by atoms with E-state index in [-0.39, 0.29) is 18.3 Å². The molecule has 0 radical (unpaired) electrons. The summed E-state index contributed by atoms with van der Waals surface area (Å²) < 4.78 is 5.60. The van der Waals surface area contributed by atoms with E-state index in [2.05, 4.69) is 10.6 Å². The summed E-state index contributed by atoms with van der Waals surface area (Å²) in [5.74, 6) is 0.673. The van der Waals surface area contributed by atoms with E-state index < -0.39 is 0 Å². The second-order valence-electron chi connectivity index (χ2n) is 6.38. The fraction of sp³-hybridized carbons (Fsp3) is 0.588. The Labute approximate surface area is 159 Å². The van der Waals surface area contributed by atoms with Crippen LogP contribution < -0.4 is 15.4 Å². The van der Waals surface area contributed by atoms with E-state index in [1.165, 1.54) is 12.8 Å². The normalized spacial score (nSPS) is 25.0. The SMILES string of the molecule is Cl.O=C(CCCOc1cccc(Cl)c1Cl)NC1CC2CCC(C1)N2. The lowest BCUT2D eigenvalue weighted by molar-refractivity contribution is -0.122. The van der Waals surface area contributed by atoms with Crippen molar-refractivity contribution in [1.82, 2.24) is 10.6 Å². The van der Waals surface area contributed by atoms with Gasteiger partial charge in [0.2, 0.25) is 5.91 Å². The van der Waals surface area contributed by atoms with Crippen molar-refractivity contribution in [3.05, 3.63) is 28.2 Å². The van der Waals surface area contributed by atoms with Gasteiger partial charge in [0.1, 0.15) is 10.8 Å². The number of fused-ring (bicyclic) bond motifs is 2. The van der Waals surface area contributed by atoms with Crippen LogP contribution in [0.4, 0.5) is 0 Å². The summed E-state index contributed by atoms with van der Waals surface area (Å²) in [4.78, 5) is 12.0. The smallest absolute Gasteiger partial charge is 0.220 e. The van der Waals surface area contributed by atoms with Crippen LogP contribution in [0.5, 0.6) is 5.75 Å². The molecule has 7 heteroatoms. The minimum absolute atomic E-state index is 0. The lowest BCUT2D eigenvalue weighted by Gasteiger charge is -2.29. The molecule has 0 saturated carbocycles.